The van der Waals surface area contributed by atoms with E-state index in [9.17, 15) is 27.9 Å². The molecule has 1 fully saturated rings. The number of benzene rings is 1. The molecule has 1 aromatic carbocycles. The van der Waals surface area contributed by atoms with Crippen molar-refractivity contribution in [3.8, 4) is 0 Å². The Balaban J connectivity index is 1.28. The first-order chi connectivity index (χ1) is 19.9. The molecule has 0 bridgehead atoms. The number of pyridine rings is 1. The molecule has 1 aromatic heterocycles. The van der Waals surface area contributed by atoms with E-state index in [1.807, 2.05) is 29.1 Å². The normalized spacial score (nSPS) is 18.5. The van der Waals surface area contributed by atoms with Gasteiger partial charge in [0.1, 0.15) is 17.1 Å². The standard InChI is InChI=1S/C25H25Cl2N3O7S5/c26-16-1-2-18(27)19(11-16)40-14-20(31)28-21-23(32)30-22(25(33)34)15(13-41-24(21)30)12-39-17-3-5-29(6-4-17)7-8-38-9-10-42(35,36)37/h1-6,11,21,24H,7-10,12-14H2,(H2-,28,31,33,34,35,36,37)/p+1/t21-,24+/m0/s1. The number of nitrogens with zero attached hydrogens (tertiary/aromatic N) is 2. The minimum absolute atomic E-state index is 0.0225. The van der Waals surface area contributed by atoms with E-state index in [1.54, 1.807) is 18.2 Å². The minimum atomic E-state index is -3.95. The number of halogens is 2. The van der Waals surface area contributed by atoms with Gasteiger partial charge in [-0.3, -0.25) is 19.0 Å². The summed E-state index contributed by atoms with van der Waals surface area (Å²) < 4.78 is 32.3. The molecule has 226 valence electrons. The van der Waals surface area contributed by atoms with Crippen LogP contribution in [0.25, 0.3) is 0 Å². The van der Waals surface area contributed by atoms with Crippen molar-refractivity contribution >= 4 is 98.2 Å². The average Bonchev–Trinajstić information content (AvgIpc) is 2.94. The van der Waals surface area contributed by atoms with Crippen LogP contribution >= 0.6 is 70.2 Å². The number of aryl methyl sites for hydroxylation is 1. The lowest BCUT2D eigenvalue weighted by Gasteiger charge is -2.49. The predicted octanol–water partition coefficient (Wildman–Crippen LogP) is 3.52. The molecule has 42 heavy (non-hydrogen) atoms. The number of carboxylic acid groups (broad SMARTS) is 1. The fraction of sp³-hybridized carbons (Fsp3) is 0.360. The Morgan fingerprint density at radius 2 is 1.88 bits per heavy atom. The molecule has 10 nitrogen and oxygen atoms in total. The van der Waals surface area contributed by atoms with Crippen molar-refractivity contribution in [2.75, 3.05) is 34.5 Å². The van der Waals surface area contributed by atoms with Crippen LogP contribution in [0, 0.1) is 0 Å². The van der Waals surface area contributed by atoms with Gasteiger partial charge in [0.2, 0.25) is 5.91 Å². The molecule has 3 heterocycles. The van der Waals surface area contributed by atoms with Crippen molar-refractivity contribution in [3.05, 3.63) is 64.0 Å². The number of carbonyl (C=O) groups is 3. The molecule has 1 saturated heterocycles. The largest absolute Gasteiger partial charge is 0.477 e. The first kappa shape index (κ1) is 33.3. The maximum absolute atomic E-state index is 13.0. The van der Waals surface area contributed by atoms with Gasteiger partial charge in [0.15, 0.2) is 18.9 Å². The number of fused-ring (bicyclic) bond motifs is 1. The first-order valence-electron chi connectivity index (χ1n) is 12.3. The number of amides is 2. The van der Waals surface area contributed by atoms with E-state index in [4.69, 9.17) is 27.8 Å². The lowest BCUT2D eigenvalue weighted by molar-refractivity contribution is -0.692. The van der Waals surface area contributed by atoms with Crippen LogP contribution < -0.4 is 9.88 Å². The molecule has 4 rings (SSSR count). The fourth-order valence-electron chi connectivity index (χ4n) is 4.04. The van der Waals surface area contributed by atoms with Crippen molar-refractivity contribution in [1.82, 2.24) is 10.2 Å². The number of aliphatic carboxylic acids is 1. The lowest BCUT2D eigenvalue weighted by Crippen LogP contribution is -2.70. The minimum Gasteiger partial charge on any atom is -0.477 e. The highest BCUT2D eigenvalue weighted by molar-refractivity contribution is 8.01. The number of thioether (sulfide) groups is 4. The maximum atomic E-state index is 13.0. The van der Waals surface area contributed by atoms with Crippen LogP contribution in [0.15, 0.2) is 63.8 Å². The van der Waals surface area contributed by atoms with Crippen LogP contribution in [0.1, 0.15) is 0 Å². The van der Waals surface area contributed by atoms with Gasteiger partial charge in [0.05, 0.1) is 22.3 Å². The van der Waals surface area contributed by atoms with Gasteiger partial charge in [0.25, 0.3) is 16.0 Å². The number of hydrogen-bond acceptors (Lipinski definition) is 9. The second-order valence-corrected chi connectivity index (χ2v) is 15.8. The number of β-lactam (4-membered cyclic amide) rings is 1. The molecule has 2 aliphatic heterocycles. The predicted molar refractivity (Wildman–Crippen MR) is 168 cm³/mol. The quantitative estimate of drug-likeness (QED) is 0.0871. The van der Waals surface area contributed by atoms with Gasteiger partial charge in [0, 0.05) is 44.2 Å². The summed E-state index contributed by atoms with van der Waals surface area (Å²) >= 11 is 17.6. The number of nitrogens with one attached hydrogen (secondary N) is 1. The van der Waals surface area contributed by atoms with E-state index in [0.29, 0.717) is 50.1 Å². The zero-order chi connectivity index (χ0) is 30.4. The molecule has 0 aliphatic carbocycles. The summed E-state index contributed by atoms with van der Waals surface area (Å²) in [5.74, 6) is -0.463. The van der Waals surface area contributed by atoms with Gasteiger partial charge >= 0.3 is 5.97 Å². The van der Waals surface area contributed by atoms with Gasteiger partial charge in [-0.25, -0.2) is 9.36 Å². The van der Waals surface area contributed by atoms with Crippen molar-refractivity contribution in [2.24, 2.45) is 0 Å². The average molecular weight is 712 g/mol. The van der Waals surface area contributed by atoms with E-state index in [2.05, 4.69) is 5.32 Å². The van der Waals surface area contributed by atoms with Gasteiger partial charge < -0.3 is 10.4 Å². The SMILES string of the molecule is O=C(CSc1cc(Cl)ccc1Cl)N[C@H]1C(=O)N2C(C(=O)O)=C(CSc3cc[n+](CCSCCS(=O)(=O)O)cc3)CS[C@H]12. The molecular weight excluding hydrogens is 686 g/mol. The fourth-order valence-corrected chi connectivity index (χ4v) is 9.57. The van der Waals surface area contributed by atoms with Crippen LogP contribution in [-0.2, 0) is 31.0 Å². The van der Waals surface area contributed by atoms with Crippen LogP contribution in [0.3, 0.4) is 0 Å². The molecule has 0 spiro atoms. The van der Waals surface area contributed by atoms with E-state index >= 15 is 0 Å². The maximum Gasteiger partial charge on any atom is 0.352 e. The summed E-state index contributed by atoms with van der Waals surface area (Å²) in [7, 11) is -3.95. The van der Waals surface area contributed by atoms with Crippen molar-refractivity contribution < 1.29 is 37.0 Å². The van der Waals surface area contributed by atoms with Crippen molar-refractivity contribution in [3.63, 3.8) is 0 Å². The summed E-state index contributed by atoms with van der Waals surface area (Å²) in [4.78, 5) is 40.5. The Labute approximate surface area is 270 Å². The zero-order valence-corrected chi connectivity index (χ0v) is 27.4. The summed E-state index contributed by atoms with van der Waals surface area (Å²) in [5.41, 5.74) is 0.597. The highest BCUT2D eigenvalue weighted by Crippen LogP contribution is 2.41. The summed E-state index contributed by atoms with van der Waals surface area (Å²) in [6.45, 7) is 0.662. The van der Waals surface area contributed by atoms with Gasteiger partial charge in [-0.2, -0.15) is 20.2 Å². The Hall–Kier alpha value is -1.59. The van der Waals surface area contributed by atoms with Gasteiger partial charge in [-0.1, -0.05) is 23.2 Å². The highest BCUT2D eigenvalue weighted by atomic mass is 35.5. The number of carbonyl (C=O) groups excluding carboxylic acids is 2. The molecule has 2 amide bonds. The molecule has 0 radical (unpaired) electrons. The number of rotatable bonds is 14. The molecule has 2 aromatic rings. The van der Waals surface area contributed by atoms with E-state index in [0.717, 1.165) is 4.90 Å². The van der Waals surface area contributed by atoms with Crippen molar-refractivity contribution in [1.29, 1.82) is 0 Å². The van der Waals surface area contributed by atoms with E-state index < -0.39 is 33.4 Å². The smallest absolute Gasteiger partial charge is 0.352 e. The number of hydrogen-bond donors (Lipinski definition) is 3. The van der Waals surface area contributed by atoms with E-state index in [1.165, 1.54) is 51.9 Å². The molecule has 17 heteroatoms. The third kappa shape index (κ3) is 8.97. The van der Waals surface area contributed by atoms with Crippen LogP contribution in [0.5, 0.6) is 0 Å². The second kappa shape index (κ2) is 14.9. The third-order valence-corrected chi connectivity index (χ3v) is 12.2. The summed E-state index contributed by atoms with van der Waals surface area (Å²) in [6, 6.07) is 7.95. The number of carboxylic acids is 1. The number of aromatic nitrogens is 1. The van der Waals surface area contributed by atoms with Crippen molar-refractivity contribution in [2.45, 2.75) is 27.8 Å². The first-order valence-corrected chi connectivity index (χ1v) is 18.9. The monoisotopic (exact) mass is 710 g/mol. The molecule has 3 N–H and O–H groups in total. The molecule has 2 atom stereocenters. The van der Waals surface area contributed by atoms with Crippen LogP contribution in [-0.4, -0.2) is 86.7 Å². The van der Waals surface area contributed by atoms with Crippen LogP contribution in [0.2, 0.25) is 10.0 Å². The topological polar surface area (TPSA) is 145 Å². The molecule has 2 aliphatic rings. The highest BCUT2D eigenvalue weighted by Gasteiger charge is 2.54. The van der Waals surface area contributed by atoms with E-state index in [-0.39, 0.29) is 23.1 Å². The second-order valence-electron chi connectivity index (χ2n) is 9.03. The summed E-state index contributed by atoms with van der Waals surface area (Å²) in [5, 5.41) is 13.1. The van der Waals surface area contributed by atoms with Gasteiger partial charge in [-0.05, 0) is 23.8 Å². The zero-order valence-electron chi connectivity index (χ0n) is 21.8. The Morgan fingerprint density at radius 1 is 1.14 bits per heavy atom. The Kier molecular flexibility index (Phi) is 11.8. The third-order valence-electron chi connectivity index (χ3n) is 6.07. The molecule has 0 unspecified atom stereocenters. The Bertz CT molecular complexity index is 1490. The summed E-state index contributed by atoms with van der Waals surface area (Å²) in [6.07, 6.45) is 3.77. The lowest BCUT2D eigenvalue weighted by atomic mass is 10.0. The van der Waals surface area contributed by atoms with Gasteiger partial charge in [-0.15, -0.1) is 35.3 Å². The Morgan fingerprint density at radius 3 is 2.57 bits per heavy atom. The van der Waals surface area contributed by atoms with Crippen LogP contribution in [0.4, 0.5) is 0 Å². The molecule has 0 saturated carbocycles. The molecular formula is C25H26Cl2N3O7S5+.